The lowest BCUT2D eigenvalue weighted by Gasteiger charge is -2.11. The molecule has 0 aliphatic carbocycles. The highest BCUT2D eigenvalue weighted by Crippen LogP contribution is 2.19. The Morgan fingerprint density at radius 2 is 2.08 bits per heavy atom. The number of rotatable bonds is 8. The minimum atomic E-state index is 0.230. The Morgan fingerprint density at radius 3 is 2.92 bits per heavy atom. The molecule has 0 aliphatic rings. The summed E-state index contributed by atoms with van der Waals surface area (Å²) in [5.41, 5.74) is 2.93. The minimum absolute atomic E-state index is 0.230. The molecule has 132 valence electrons. The van der Waals surface area contributed by atoms with Crippen LogP contribution in [0.25, 0.3) is 5.78 Å². The van der Waals surface area contributed by atoms with Crippen LogP contribution in [0.4, 0.5) is 11.5 Å². The minimum Gasteiger partial charge on any atom is -0.376 e. The molecule has 0 spiro atoms. The molecule has 0 atom stereocenters. The lowest BCUT2D eigenvalue weighted by Crippen LogP contribution is -2.09. The van der Waals surface area contributed by atoms with Gasteiger partial charge in [-0.3, -0.25) is 0 Å². The fourth-order valence-electron chi connectivity index (χ4n) is 2.44. The van der Waals surface area contributed by atoms with Crippen LogP contribution in [0.1, 0.15) is 25.1 Å². The van der Waals surface area contributed by atoms with Crippen molar-refractivity contribution in [2.45, 2.75) is 33.5 Å². The third-order valence-corrected chi connectivity index (χ3v) is 3.53. The van der Waals surface area contributed by atoms with E-state index in [1.165, 1.54) is 6.33 Å². The van der Waals surface area contributed by atoms with Gasteiger partial charge in [-0.05, 0) is 38.5 Å². The second-order valence-electron chi connectivity index (χ2n) is 6.05. The van der Waals surface area contributed by atoms with Gasteiger partial charge in [0.25, 0.3) is 5.78 Å². The fraction of sp³-hybridized carbons (Fsp3) is 0.389. The van der Waals surface area contributed by atoms with Crippen molar-refractivity contribution >= 4 is 17.3 Å². The quantitative estimate of drug-likeness (QED) is 0.635. The first kappa shape index (κ1) is 17.3. The third-order valence-electron chi connectivity index (χ3n) is 3.53. The number of fused-ring (bicyclic) bond motifs is 1. The van der Waals surface area contributed by atoms with Gasteiger partial charge in [0.2, 0.25) is 0 Å². The number of benzene rings is 1. The van der Waals surface area contributed by atoms with Crippen molar-refractivity contribution in [3.8, 4) is 0 Å². The molecule has 0 fully saturated rings. The van der Waals surface area contributed by atoms with E-state index in [2.05, 4.69) is 26.4 Å². The number of hydrogen-bond acceptors (Lipinski definition) is 6. The Morgan fingerprint density at radius 1 is 1.20 bits per heavy atom. The molecule has 3 aromatic rings. The van der Waals surface area contributed by atoms with Gasteiger partial charge in [0.05, 0.1) is 25.9 Å². The van der Waals surface area contributed by atoms with Crippen LogP contribution in [-0.2, 0) is 16.1 Å². The molecule has 25 heavy (non-hydrogen) atoms. The molecule has 3 rings (SSSR count). The highest BCUT2D eigenvalue weighted by molar-refractivity contribution is 5.59. The molecule has 7 heteroatoms. The van der Waals surface area contributed by atoms with Crippen LogP contribution in [-0.4, -0.2) is 38.9 Å². The van der Waals surface area contributed by atoms with Crippen LogP contribution in [0, 0.1) is 6.92 Å². The third kappa shape index (κ3) is 4.74. The average Bonchev–Trinajstić information content (AvgIpc) is 3.03. The topological polar surface area (TPSA) is 73.6 Å². The molecule has 2 heterocycles. The van der Waals surface area contributed by atoms with Gasteiger partial charge in [0.15, 0.2) is 0 Å². The summed E-state index contributed by atoms with van der Waals surface area (Å²) in [5.74, 6) is 1.40. The van der Waals surface area contributed by atoms with Gasteiger partial charge in [0.1, 0.15) is 12.1 Å². The van der Waals surface area contributed by atoms with Crippen LogP contribution in [0.15, 0.2) is 36.7 Å². The zero-order valence-corrected chi connectivity index (χ0v) is 14.8. The van der Waals surface area contributed by atoms with Crippen molar-refractivity contribution in [1.29, 1.82) is 0 Å². The second-order valence-corrected chi connectivity index (χ2v) is 6.05. The summed E-state index contributed by atoms with van der Waals surface area (Å²) in [5, 5.41) is 7.58. The Balaban J connectivity index is 1.64. The normalized spacial score (nSPS) is 11.4. The molecule has 1 N–H and O–H groups in total. The maximum absolute atomic E-state index is 5.66. The lowest BCUT2D eigenvalue weighted by molar-refractivity contribution is 0.0143. The van der Waals surface area contributed by atoms with E-state index in [0.29, 0.717) is 25.6 Å². The predicted molar refractivity (Wildman–Crippen MR) is 96.0 cm³/mol. The van der Waals surface area contributed by atoms with Crippen molar-refractivity contribution < 1.29 is 9.47 Å². The van der Waals surface area contributed by atoms with Gasteiger partial charge in [-0.2, -0.15) is 14.6 Å². The van der Waals surface area contributed by atoms with E-state index in [0.717, 1.165) is 22.8 Å². The van der Waals surface area contributed by atoms with E-state index in [9.17, 15) is 0 Å². The SMILES string of the molecule is Cc1cc(Nc2cccc(COCCOC(C)C)c2)n2ncnc2n1. The molecular formula is C18H23N5O2. The summed E-state index contributed by atoms with van der Waals surface area (Å²) >= 11 is 0. The van der Waals surface area contributed by atoms with E-state index < -0.39 is 0 Å². The molecule has 0 saturated carbocycles. The molecule has 0 amide bonds. The van der Waals surface area contributed by atoms with Crippen molar-refractivity contribution in [1.82, 2.24) is 19.6 Å². The van der Waals surface area contributed by atoms with Gasteiger partial charge in [-0.1, -0.05) is 12.1 Å². The summed E-state index contributed by atoms with van der Waals surface area (Å²) < 4.78 is 12.8. The number of nitrogens with one attached hydrogen (secondary N) is 1. The van der Waals surface area contributed by atoms with Crippen molar-refractivity contribution in [2.75, 3.05) is 18.5 Å². The van der Waals surface area contributed by atoms with Crippen LogP contribution in [0.5, 0.6) is 0 Å². The summed E-state index contributed by atoms with van der Waals surface area (Å²) in [6, 6.07) is 10.0. The number of hydrogen-bond donors (Lipinski definition) is 1. The largest absolute Gasteiger partial charge is 0.376 e. The Kier molecular flexibility index (Phi) is 5.57. The maximum Gasteiger partial charge on any atom is 0.254 e. The van der Waals surface area contributed by atoms with Crippen LogP contribution in [0.2, 0.25) is 0 Å². The van der Waals surface area contributed by atoms with Crippen LogP contribution >= 0.6 is 0 Å². The molecule has 0 radical (unpaired) electrons. The summed E-state index contributed by atoms with van der Waals surface area (Å²) in [7, 11) is 0. The van der Waals surface area contributed by atoms with E-state index in [-0.39, 0.29) is 6.10 Å². The highest BCUT2D eigenvalue weighted by atomic mass is 16.5. The average molecular weight is 341 g/mol. The summed E-state index contributed by atoms with van der Waals surface area (Å²) in [6.45, 7) is 7.70. The summed E-state index contributed by atoms with van der Waals surface area (Å²) in [4.78, 5) is 8.48. The van der Waals surface area contributed by atoms with Crippen molar-refractivity contribution in [3.05, 3.63) is 47.9 Å². The highest BCUT2D eigenvalue weighted by Gasteiger charge is 2.06. The number of aryl methyl sites for hydroxylation is 1. The number of nitrogens with zero attached hydrogens (tertiary/aromatic N) is 4. The second kappa shape index (κ2) is 8.04. The van der Waals surface area contributed by atoms with Gasteiger partial charge in [0, 0.05) is 17.4 Å². The molecule has 1 aromatic carbocycles. The molecule has 0 bridgehead atoms. The Labute approximate surface area is 147 Å². The lowest BCUT2D eigenvalue weighted by atomic mass is 10.2. The van der Waals surface area contributed by atoms with Gasteiger partial charge >= 0.3 is 0 Å². The summed E-state index contributed by atoms with van der Waals surface area (Å²) in [6.07, 6.45) is 1.73. The fourth-order valence-corrected chi connectivity index (χ4v) is 2.44. The van der Waals surface area contributed by atoms with E-state index in [1.54, 1.807) is 4.52 Å². The van der Waals surface area contributed by atoms with E-state index in [4.69, 9.17) is 9.47 Å². The first-order chi connectivity index (χ1) is 12.1. The van der Waals surface area contributed by atoms with Gasteiger partial charge in [-0.15, -0.1) is 0 Å². The van der Waals surface area contributed by atoms with Crippen molar-refractivity contribution in [2.24, 2.45) is 0 Å². The molecule has 7 nitrogen and oxygen atoms in total. The van der Waals surface area contributed by atoms with Gasteiger partial charge in [-0.25, -0.2) is 4.98 Å². The number of aromatic nitrogens is 4. The predicted octanol–water partition coefficient (Wildman–Crippen LogP) is 3.12. The Hall–Kier alpha value is -2.51. The first-order valence-corrected chi connectivity index (χ1v) is 8.34. The number of anilines is 2. The van der Waals surface area contributed by atoms with Crippen LogP contribution in [0.3, 0.4) is 0 Å². The smallest absolute Gasteiger partial charge is 0.254 e. The monoisotopic (exact) mass is 341 g/mol. The number of ether oxygens (including phenoxy) is 2. The standard InChI is InChI=1S/C18H23N5O2/c1-13(2)25-8-7-24-11-15-5-4-6-16(10-15)22-17-9-14(3)21-18-19-12-20-23(17)18/h4-6,9-10,12-13,22H,7-8,11H2,1-3H3. The van der Waals surface area contributed by atoms with E-state index >= 15 is 0 Å². The molecule has 0 aliphatic heterocycles. The van der Waals surface area contributed by atoms with E-state index in [1.807, 2.05) is 45.0 Å². The molecule has 2 aromatic heterocycles. The molecule has 0 unspecified atom stereocenters. The zero-order valence-electron chi connectivity index (χ0n) is 14.8. The Bertz CT molecular complexity index is 831. The first-order valence-electron chi connectivity index (χ1n) is 8.34. The maximum atomic E-state index is 5.66. The van der Waals surface area contributed by atoms with Crippen molar-refractivity contribution in [3.63, 3.8) is 0 Å². The molecular weight excluding hydrogens is 318 g/mol. The molecule has 0 saturated heterocycles. The van der Waals surface area contributed by atoms with Gasteiger partial charge < -0.3 is 14.8 Å². The van der Waals surface area contributed by atoms with Crippen LogP contribution < -0.4 is 5.32 Å². The zero-order chi connectivity index (χ0) is 17.6.